The van der Waals surface area contributed by atoms with Gasteiger partial charge in [-0.25, -0.2) is 4.68 Å². The molecule has 0 bridgehead atoms. The number of H-pyrrole nitrogens is 1. The fraction of sp³-hybridized carbons (Fsp3) is 0.304. The van der Waals surface area contributed by atoms with Crippen molar-refractivity contribution in [3.05, 3.63) is 64.4 Å². The van der Waals surface area contributed by atoms with Crippen molar-refractivity contribution in [1.29, 1.82) is 0 Å². The summed E-state index contributed by atoms with van der Waals surface area (Å²) in [5.74, 6) is -0.102. The average molecular weight is 416 g/mol. The van der Waals surface area contributed by atoms with Crippen LogP contribution in [0.4, 0.5) is 0 Å². The van der Waals surface area contributed by atoms with Crippen molar-refractivity contribution in [3.8, 4) is 5.69 Å². The lowest BCUT2D eigenvalue weighted by atomic mass is 10.1. The van der Waals surface area contributed by atoms with E-state index >= 15 is 0 Å². The van der Waals surface area contributed by atoms with Crippen LogP contribution in [-0.4, -0.2) is 56.5 Å². The maximum Gasteiger partial charge on any atom is 0.299 e. The average Bonchev–Trinajstić information content (AvgIpc) is 3.41. The minimum atomic E-state index is -0.272. The van der Waals surface area contributed by atoms with E-state index in [9.17, 15) is 9.59 Å². The van der Waals surface area contributed by atoms with Crippen LogP contribution in [0.25, 0.3) is 27.6 Å². The van der Waals surface area contributed by atoms with E-state index in [1.807, 2.05) is 24.3 Å². The number of aromatic amines is 1. The third kappa shape index (κ3) is 3.48. The first-order valence-corrected chi connectivity index (χ1v) is 10.6. The molecule has 4 aromatic rings. The molecule has 0 aliphatic carbocycles. The number of likely N-dealkylation sites (N-methyl/N-ethyl adjacent to an activating group) is 1. The molecule has 2 N–H and O–H groups in total. The van der Waals surface area contributed by atoms with Gasteiger partial charge in [0.05, 0.1) is 16.7 Å². The number of carbonyl (C=O) groups is 1. The second-order valence-electron chi connectivity index (χ2n) is 7.87. The molecule has 2 aromatic carbocycles. The van der Waals surface area contributed by atoms with Gasteiger partial charge in [-0.15, -0.1) is 10.2 Å². The van der Waals surface area contributed by atoms with Crippen LogP contribution in [0.1, 0.15) is 30.1 Å². The normalized spacial score (nSPS) is 16.9. The lowest BCUT2D eigenvalue weighted by Crippen LogP contribution is -2.40. The first kappa shape index (κ1) is 19.4. The van der Waals surface area contributed by atoms with Gasteiger partial charge in [0.2, 0.25) is 0 Å². The molecular weight excluding hydrogens is 392 g/mol. The van der Waals surface area contributed by atoms with Gasteiger partial charge in [0, 0.05) is 23.5 Å². The van der Waals surface area contributed by atoms with Crippen LogP contribution >= 0.6 is 0 Å². The van der Waals surface area contributed by atoms with E-state index in [1.54, 1.807) is 24.3 Å². The number of aromatic nitrogens is 4. The Labute approximate surface area is 178 Å². The number of hydrogen-bond acceptors (Lipinski definition) is 5. The molecule has 1 aliphatic heterocycles. The zero-order valence-corrected chi connectivity index (χ0v) is 17.3. The SMILES string of the molecule is CCN1CCCC1CNC(=O)c1ccc(-n2[nH]c3c(nnc4ccccc43)c2=O)cc1. The highest BCUT2D eigenvalue weighted by Crippen LogP contribution is 2.19. The number of fused-ring (bicyclic) bond motifs is 3. The summed E-state index contributed by atoms with van der Waals surface area (Å²) in [6.07, 6.45) is 2.30. The molecule has 8 nitrogen and oxygen atoms in total. The summed E-state index contributed by atoms with van der Waals surface area (Å²) in [7, 11) is 0. The van der Waals surface area contributed by atoms with Crippen molar-refractivity contribution in [3.63, 3.8) is 0 Å². The third-order valence-electron chi connectivity index (χ3n) is 6.09. The van der Waals surface area contributed by atoms with Crippen LogP contribution in [0.15, 0.2) is 53.3 Å². The second kappa shape index (κ2) is 7.96. The minimum Gasteiger partial charge on any atom is -0.350 e. The molecule has 158 valence electrons. The molecule has 1 fully saturated rings. The van der Waals surface area contributed by atoms with Crippen molar-refractivity contribution in [1.82, 2.24) is 30.2 Å². The summed E-state index contributed by atoms with van der Waals surface area (Å²) in [4.78, 5) is 27.8. The van der Waals surface area contributed by atoms with Crippen molar-refractivity contribution in [2.45, 2.75) is 25.8 Å². The number of nitrogens with zero attached hydrogens (tertiary/aromatic N) is 4. The molecule has 5 rings (SSSR count). The Hall–Kier alpha value is -3.52. The summed E-state index contributed by atoms with van der Waals surface area (Å²) in [6.45, 7) is 4.92. The number of amides is 1. The van der Waals surface area contributed by atoms with Crippen LogP contribution in [0.5, 0.6) is 0 Å². The highest BCUT2D eigenvalue weighted by atomic mass is 16.1. The zero-order valence-electron chi connectivity index (χ0n) is 17.3. The first-order chi connectivity index (χ1) is 15.2. The Morgan fingerprint density at radius 3 is 2.77 bits per heavy atom. The van der Waals surface area contributed by atoms with E-state index < -0.39 is 0 Å². The lowest BCUT2D eigenvalue weighted by Gasteiger charge is -2.22. The maximum atomic E-state index is 12.8. The van der Waals surface area contributed by atoms with E-state index in [0.717, 1.165) is 30.4 Å². The molecule has 1 amide bonds. The van der Waals surface area contributed by atoms with E-state index in [1.165, 1.54) is 11.1 Å². The number of nitrogens with one attached hydrogen (secondary N) is 2. The molecule has 1 saturated heterocycles. The van der Waals surface area contributed by atoms with Crippen molar-refractivity contribution >= 4 is 27.8 Å². The van der Waals surface area contributed by atoms with Crippen molar-refractivity contribution < 1.29 is 4.79 Å². The predicted molar refractivity (Wildman–Crippen MR) is 120 cm³/mol. The second-order valence-corrected chi connectivity index (χ2v) is 7.87. The largest absolute Gasteiger partial charge is 0.350 e. The van der Waals surface area contributed by atoms with Gasteiger partial charge in [-0.05, 0) is 56.3 Å². The smallest absolute Gasteiger partial charge is 0.299 e. The molecule has 0 radical (unpaired) electrons. The standard InChI is InChI=1S/C23H24N6O2/c1-2-28-13-5-6-17(28)14-24-22(30)15-9-11-16(12-10-15)29-23(31)21-20(27-29)18-7-3-4-8-19(18)25-26-21/h3-4,7-12,17,27H,2,5-6,13-14H2,1H3,(H,24,30). The van der Waals surface area contributed by atoms with Gasteiger partial charge in [0.15, 0.2) is 5.52 Å². The Kier molecular flexibility index (Phi) is 4.99. The molecule has 1 aliphatic rings. The molecule has 3 heterocycles. The Morgan fingerprint density at radius 1 is 1.16 bits per heavy atom. The molecule has 8 heteroatoms. The maximum absolute atomic E-state index is 12.8. The predicted octanol–water partition coefficient (Wildman–Crippen LogP) is 2.48. The van der Waals surface area contributed by atoms with Crippen LogP contribution in [0.2, 0.25) is 0 Å². The summed E-state index contributed by atoms with van der Waals surface area (Å²) in [5.41, 5.74) is 2.59. The van der Waals surface area contributed by atoms with E-state index in [2.05, 4.69) is 32.4 Å². The van der Waals surface area contributed by atoms with E-state index in [-0.39, 0.29) is 17.0 Å². The summed E-state index contributed by atoms with van der Waals surface area (Å²) >= 11 is 0. The van der Waals surface area contributed by atoms with Crippen LogP contribution in [-0.2, 0) is 0 Å². The Morgan fingerprint density at radius 2 is 1.97 bits per heavy atom. The number of hydrogen-bond donors (Lipinski definition) is 2. The van der Waals surface area contributed by atoms with Gasteiger partial charge < -0.3 is 5.32 Å². The van der Waals surface area contributed by atoms with E-state index in [4.69, 9.17) is 0 Å². The quantitative estimate of drug-likeness (QED) is 0.521. The summed E-state index contributed by atoms with van der Waals surface area (Å²) in [5, 5.41) is 15.3. The summed E-state index contributed by atoms with van der Waals surface area (Å²) < 4.78 is 1.44. The van der Waals surface area contributed by atoms with Crippen LogP contribution in [0, 0.1) is 0 Å². The monoisotopic (exact) mass is 416 g/mol. The van der Waals surface area contributed by atoms with Crippen LogP contribution in [0.3, 0.4) is 0 Å². The number of likely N-dealkylation sites (tertiary alicyclic amines) is 1. The fourth-order valence-corrected chi connectivity index (χ4v) is 4.38. The molecule has 0 saturated carbocycles. The lowest BCUT2D eigenvalue weighted by molar-refractivity contribution is 0.0941. The molecular formula is C23H24N6O2. The molecule has 2 aromatic heterocycles. The molecule has 1 unspecified atom stereocenters. The van der Waals surface area contributed by atoms with Crippen molar-refractivity contribution in [2.75, 3.05) is 19.6 Å². The minimum absolute atomic E-state index is 0.102. The first-order valence-electron chi connectivity index (χ1n) is 10.6. The summed E-state index contributed by atoms with van der Waals surface area (Å²) in [6, 6.07) is 14.9. The Balaban J connectivity index is 1.38. The van der Waals surface area contributed by atoms with Gasteiger partial charge in [0.25, 0.3) is 11.5 Å². The van der Waals surface area contributed by atoms with Gasteiger partial charge in [-0.3, -0.25) is 19.6 Å². The van der Waals surface area contributed by atoms with Crippen LogP contribution < -0.4 is 10.9 Å². The Bertz CT molecular complexity index is 1310. The fourth-order valence-electron chi connectivity index (χ4n) is 4.38. The third-order valence-corrected chi connectivity index (χ3v) is 6.09. The van der Waals surface area contributed by atoms with Gasteiger partial charge in [-0.1, -0.05) is 25.1 Å². The van der Waals surface area contributed by atoms with Gasteiger partial charge in [-0.2, -0.15) is 0 Å². The number of carbonyl (C=O) groups excluding carboxylic acids is 1. The van der Waals surface area contributed by atoms with Crippen molar-refractivity contribution in [2.24, 2.45) is 0 Å². The molecule has 0 spiro atoms. The van der Waals surface area contributed by atoms with Gasteiger partial charge in [0.1, 0.15) is 0 Å². The zero-order chi connectivity index (χ0) is 21.4. The van der Waals surface area contributed by atoms with Gasteiger partial charge >= 0.3 is 0 Å². The van der Waals surface area contributed by atoms with E-state index in [0.29, 0.717) is 29.4 Å². The number of rotatable bonds is 5. The highest BCUT2D eigenvalue weighted by Gasteiger charge is 2.23. The topological polar surface area (TPSA) is 95.9 Å². The molecule has 31 heavy (non-hydrogen) atoms. The number of benzene rings is 2. The molecule has 1 atom stereocenters. The highest BCUT2D eigenvalue weighted by molar-refractivity contribution is 6.00.